The van der Waals surface area contributed by atoms with Crippen LogP contribution in [-0.4, -0.2) is 7.11 Å². The van der Waals surface area contributed by atoms with Gasteiger partial charge < -0.3 is 4.74 Å². The average molecular weight is 198 g/mol. The fourth-order valence-electron chi connectivity index (χ4n) is 1.27. The minimum atomic E-state index is 0.819. The number of ether oxygens (including phenoxy) is 1. The van der Waals surface area contributed by atoms with Gasteiger partial charge >= 0.3 is 0 Å². The third-order valence-electron chi connectivity index (χ3n) is 1.90. The lowest BCUT2D eigenvalue weighted by Crippen LogP contribution is -1.88. The van der Waals surface area contributed by atoms with Crippen LogP contribution in [0.5, 0.6) is 5.75 Å². The Kier molecular flexibility index (Phi) is 4.25. The molecule has 0 spiro atoms. The smallest absolute Gasteiger partial charge is 0.120 e. The summed E-state index contributed by atoms with van der Waals surface area (Å²) in [4.78, 5) is 0. The van der Waals surface area contributed by atoms with Crippen LogP contribution in [0, 0.1) is 11.8 Å². The van der Waals surface area contributed by atoms with E-state index in [1.165, 1.54) is 0 Å². The number of rotatable bonds is 3. The van der Waals surface area contributed by atoms with E-state index >= 15 is 0 Å². The molecule has 15 heavy (non-hydrogen) atoms. The second-order valence-electron chi connectivity index (χ2n) is 3.04. The molecule has 0 saturated heterocycles. The molecule has 1 nitrogen and oxygen atoms in total. The molecule has 0 heterocycles. The van der Waals surface area contributed by atoms with Gasteiger partial charge in [-0.2, -0.15) is 0 Å². The van der Waals surface area contributed by atoms with E-state index in [0.717, 1.165) is 23.3 Å². The van der Waals surface area contributed by atoms with Gasteiger partial charge in [-0.25, -0.2) is 0 Å². The highest BCUT2D eigenvalue weighted by Gasteiger charge is 1.98. The van der Waals surface area contributed by atoms with E-state index in [0.29, 0.717) is 0 Å². The maximum absolute atomic E-state index is 5.19. The summed E-state index contributed by atoms with van der Waals surface area (Å²) in [6.07, 6.45) is 4.26. The monoisotopic (exact) mass is 198 g/mol. The zero-order valence-electron chi connectivity index (χ0n) is 8.92. The van der Waals surface area contributed by atoms with Crippen LogP contribution in [0.4, 0.5) is 0 Å². The highest BCUT2D eigenvalue weighted by Crippen LogP contribution is 2.17. The van der Waals surface area contributed by atoms with Crippen LogP contribution >= 0.6 is 0 Å². The van der Waals surface area contributed by atoms with Crippen LogP contribution in [0.25, 0.3) is 0 Å². The van der Waals surface area contributed by atoms with Gasteiger partial charge in [-0.15, -0.1) is 6.58 Å². The zero-order chi connectivity index (χ0) is 11.1. The van der Waals surface area contributed by atoms with Crippen LogP contribution < -0.4 is 4.74 Å². The van der Waals surface area contributed by atoms with E-state index in [4.69, 9.17) is 4.74 Å². The van der Waals surface area contributed by atoms with Crippen LogP contribution in [0.15, 0.2) is 43.5 Å². The van der Waals surface area contributed by atoms with E-state index < -0.39 is 0 Å². The number of benzene rings is 1. The molecule has 0 aliphatic rings. The molecule has 1 rings (SSSR count). The first-order chi connectivity index (χ1) is 7.30. The summed E-state index contributed by atoms with van der Waals surface area (Å²) >= 11 is 0. The molecule has 0 radical (unpaired) electrons. The van der Waals surface area contributed by atoms with Crippen molar-refractivity contribution in [2.24, 2.45) is 0 Å². The minimum Gasteiger partial charge on any atom is -0.497 e. The predicted molar refractivity (Wildman–Crippen MR) is 64.0 cm³/mol. The van der Waals surface area contributed by atoms with Gasteiger partial charge in [0.2, 0.25) is 0 Å². The fraction of sp³-hybridized carbons (Fsp3) is 0.143. The summed E-state index contributed by atoms with van der Waals surface area (Å²) in [6, 6.07) is 5.92. The Morgan fingerprint density at radius 3 is 2.73 bits per heavy atom. The maximum Gasteiger partial charge on any atom is 0.120 e. The van der Waals surface area contributed by atoms with Crippen molar-refractivity contribution in [3.63, 3.8) is 0 Å². The van der Waals surface area contributed by atoms with Gasteiger partial charge in [0.25, 0.3) is 0 Å². The lowest BCUT2D eigenvalue weighted by molar-refractivity contribution is 0.414. The fourth-order valence-corrected chi connectivity index (χ4v) is 1.27. The standard InChI is InChI=1S/C14H14O/c1-4-6-8-13-9-12(7-5-2)10-14(11-13)15-3/h4-5,9-11H,1-2,7H2,3H3. The molecule has 0 unspecified atom stereocenters. The normalized spacial score (nSPS) is 8.60. The second kappa shape index (κ2) is 5.72. The lowest BCUT2D eigenvalue weighted by atomic mass is 10.1. The van der Waals surface area contributed by atoms with Gasteiger partial charge in [0.1, 0.15) is 5.75 Å². The van der Waals surface area contributed by atoms with Crippen molar-refractivity contribution in [1.82, 2.24) is 0 Å². The topological polar surface area (TPSA) is 9.23 Å². The number of allylic oxidation sites excluding steroid dienone is 2. The van der Waals surface area contributed by atoms with E-state index in [1.54, 1.807) is 13.2 Å². The summed E-state index contributed by atoms with van der Waals surface area (Å²) in [5, 5.41) is 0. The summed E-state index contributed by atoms with van der Waals surface area (Å²) < 4.78 is 5.19. The molecule has 0 aliphatic carbocycles. The summed E-state index contributed by atoms with van der Waals surface area (Å²) in [5.74, 6) is 6.63. The molecular weight excluding hydrogens is 184 g/mol. The van der Waals surface area contributed by atoms with Gasteiger partial charge in [0.05, 0.1) is 7.11 Å². The first-order valence-electron chi connectivity index (χ1n) is 4.71. The molecule has 1 aromatic rings. The molecule has 76 valence electrons. The predicted octanol–water partition coefficient (Wildman–Crippen LogP) is 2.96. The third-order valence-corrected chi connectivity index (χ3v) is 1.90. The zero-order valence-corrected chi connectivity index (χ0v) is 8.92. The third kappa shape index (κ3) is 3.36. The van der Waals surface area contributed by atoms with E-state index in [2.05, 4.69) is 25.0 Å². The van der Waals surface area contributed by atoms with Crippen LogP contribution in [-0.2, 0) is 6.42 Å². The number of hydrogen-bond donors (Lipinski definition) is 0. The molecule has 1 heteroatoms. The Labute approximate surface area is 91.1 Å². The molecular formula is C14H14O. The Morgan fingerprint density at radius 1 is 1.33 bits per heavy atom. The highest BCUT2D eigenvalue weighted by atomic mass is 16.5. The van der Waals surface area contributed by atoms with Crippen LogP contribution in [0.2, 0.25) is 0 Å². The summed E-state index contributed by atoms with van der Waals surface area (Å²) in [7, 11) is 1.65. The van der Waals surface area contributed by atoms with Gasteiger partial charge in [-0.3, -0.25) is 0 Å². The van der Waals surface area contributed by atoms with Crippen molar-refractivity contribution in [1.29, 1.82) is 0 Å². The first-order valence-corrected chi connectivity index (χ1v) is 4.71. The molecule has 0 fully saturated rings. The highest BCUT2D eigenvalue weighted by molar-refractivity contribution is 5.44. The van der Waals surface area contributed by atoms with Crippen molar-refractivity contribution in [3.8, 4) is 17.6 Å². The molecule has 0 aliphatic heterocycles. The van der Waals surface area contributed by atoms with E-state index in [-0.39, 0.29) is 0 Å². The van der Waals surface area contributed by atoms with Crippen molar-refractivity contribution in [3.05, 3.63) is 54.6 Å². The van der Waals surface area contributed by atoms with Gasteiger partial charge in [-0.05, 0) is 36.3 Å². The van der Waals surface area contributed by atoms with Gasteiger partial charge in [0.15, 0.2) is 0 Å². The Balaban J connectivity index is 3.09. The Bertz CT molecular complexity index is 419. The largest absolute Gasteiger partial charge is 0.497 e. The van der Waals surface area contributed by atoms with Crippen molar-refractivity contribution < 1.29 is 4.74 Å². The molecule has 0 bridgehead atoms. The van der Waals surface area contributed by atoms with Crippen molar-refractivity contribution in [2.75, 3.05) is 7.11 Å². The van der Waals surface area contributed by atoms with Crippen LogP contribution in [0.1, 0.15) is 11.1 Å². The number of methoxy groups -OCH3 is 1. The Hall–Kier alpha value is -1.94. The van der Waals surface area contributed by atoms with E-state index in [9.17, 15) is 0 Å². The first kappa shape index (κ1) is 11.1. The Morgan fingerprint density at radius 2 is 2.13 bits per heavy atom. The SMILES string of the molecule is C=CC#Cc1cc(CC=C)cc(OC)c1. The van der Waals surface area contributed by atoms with Crippen molar-refractivity contribution in [2.45, 2.75) is 6.42 Å². The quantitative estimate of drug-likeness (QED) is 0.536. The molecule has 0 amide bonds. The molecule has 0 saturated carbocycles. The maximum atomic E-state index is 5.19. The van der Waals surface area contributed by atoms with Crippen LogP contribution in [0.3, 0.4) is 0 Å². The van der Waals surface area contributed by atoms with E-state index in [1.807, 2.05) is 24.3 Å². The summed E-state index contributed by atoms with van der Waals surface area (Å²) in [6.45, 7) is 7.27. The summed E-state index contributed by atoms with van der Waals surface area (Å²) in [5.41, 5.74) is 2.09. The molecule has 0 aromatic heterocycles. The number of hydrogen-bond acceptors (Lipinski definition) is 1. The molecule has 0 atom stereocenters. The lowest BCUT2D eigenvalue weighted by Gasteiger charge is -2.03. The van der Waals surface area contributed by atoms with Gasteiger partial charge in [0, 0.05) is 5.56 Å². The minimum absolute atomic E-state index is 0.819. The van der Waals surface area contributed by atoms with Crippen molar-refractivity contribution >= 4 is 0 Å². The second-order valence-corrected chi connectivity index (χ2v) is 3.04. The average Bonchev–Trinajstić information content (AvgIpc) is 2.26. The molecule has 1 aromatic carbocycles. The van der Waals surface area contributed by atoms with Gasteiger partial charge in [-0.1, -0.05) is 24.5 Å². The molecule has 0 N–H and O–H groups in total.